The fraction of sp³-hybridized carbons (Fsp3) is 0.167. The van der Waals surface area contributed by atoms with Crippen LogP contribution < -0.4 is 4.46 Å². The zero-order valence-electron chi connectivity index (χ0n) is 11.9. The number of hydrogen-bond donors (Lipinski definition) is 0. The Morgan fingerprint density at radius 3 is 2.36 bits per heavy atom. The molecule has 0 saturated carbocycles. The number of nitrogens with zero attached hydrogens (tertiary/aromatic N) is 1. The van der Waals surface area contributed by atoms with Gasteiger partial charge in [-0.2, -0.15) is 0 Å². The van der Waals surface area contributed by atoms with Crippen LogP contribution in [0, 0.1) is 11.3 Å². The third-order valence-corrected chi connectivity index (χ3v) is 6.59. The Balaban J connectivity index is 1.73. The number of hydrogen-bond acceptors (Lipinski definition) is 3. The van der Waals surface area contributed by atoms with Crippen LogP contribution in [0.4, 0.5) is 0 Å². The van der Waals surface area contributed by atoms with Crippen molar-refractivity contribution in [3.8, 4) is 6.07 Å². The Labute approximate surface area is 133 Å². The molecule has 1 heterocycles. The molecule has 110 valence electrons. The number of ether oxygens (including phenoxy) is 1. The van der Waals surface area contributed by atoms with E-state index < -0.39 is 13.8 Å². The molecule has 0 aliphatic carbocycles. The Bertz CT molecular complexity index is 748. The molecule has 2 aromatic rings. The molecule has 0 spiro atoms. The van der Waals surface area contributed by atoms with Gasteiger partial charge in [-0.25, -0.2) is 0 Å². The van der Waals surface area contributed by atoms with E-state index in [0.717, 1.165) is 10.0 Å². The van der Waals surface area contributed by atoms with Crippen molar-refractivity contribution >= 4 is 24.1 Å². The fourth-order valence-corrected chi connectivity index (χ4v) is 4.93. The molecule has 0 radical (unpaired) electrons. The van der Waals surface area contributed by atoms with Crippen LogP contribution in [-0.4, -0.2) is 19.9 Å². The second kappa shape index (κ2) is 6.70. The van der Waals surface area contributed by atoms with Gasteiger partial charge in [-0.1, -0.05) is 0 Å². The monoisotopic (exact) mass is 357 g/mol. The van der Waals surface area contributed by atoms with Gasteiger partial charge in [-0.3, -0.25) is 0 Å². The molecule has 0 saturated heterocycles. The molecule has 0 bridgehead atoms. The molecule has 1 aliphatic heterocycles. The van der Waals surface area contributed by atoms with Gasteiger partial charge in [0.15, 0.2) is 0 Å². The second-order valence-electron chi connectivity index (χ2n) is 5.05. The van der Waals surface area contributed by atoms with Crippen molar-refractivity contribution in [1.29, 1.82) is 5.26 Å². The normalized spacial score (nSPS) is 18.6. The molecular weight excluding hydrogens is 341 g/mol. The van der Waals surface area contributed by atoms with E-state index in [1.54, 1.807) is 0 Å². The number of benzene rings is 2. The summed E-state index contributed by atoms with van der Waals surface area (Å²) in [6.07, 6.45) is 0.364. The van der Waals surface area contributed by atoms with Crippen molar-refractivity contribution in [1.82, 2.24) is 0 Å². The summed E-state index contributed by atoms with van der Waals surface area (Å²) in [5.74, 6) is 0.639. The van der Waals surface area contributed by atoms with Crippen LogP contribution in [0.3, 0.4) is 0 Å². The Morgan fingerprint density at radius 1 is 1.09 bits per heavy atom. The van der Waals surface area contributed by atoms with Crippen molar-refractivity contribution in [2.75, 3.05) is 0 Å². The topological polar surface area (TPSA) is 50.1 Å². The first-order valence-electron chi connectivity index (χ1n) is 7.06. The quantitative estimate of drug-likeness (QED) is 0.792. The summed E-state index contributed by atoms with van der Waals surface area (Å²) in [6, 6.07) is 21.3. The summed E-state index contributed by atoms with van der Waals surface area (Å²) < 4.78 is 19.3. The van der Waals surface area contributed by atoms with Gasteiger partial charge in [0.05, 0.1) is 0 Å². The van der Waals surface area contributed by atoms with Gasteiger partial charge in [0.1, 0.15) is 0 Å². The van der Waals surface area contributed by atoms with Gasteiger partial charge in [0.2, 0.25) is 0 Å². The van der Waals surface area contributed by atoms with Crippen LogP contribution >= 0.6 is 0 Å². The van der Waals surface area contributed by atoms with E-state index in [1.807, 2.05) is 60.7 Å². The molecule has 0 N–H and O–H groups in total. The second-order valence-corrected chi connectivity index (χ2v) is 8.19. The van der Waals surface area contributed by atoms with E-state index >= 15 is 0 Å². The van der Waals surface area contributed by atoms with Crippen LogP contribution in [0.2, 0.25) is 5.32 Å². The van der Waals surface area contributed by atoms with Gasteiger partial charge in [-0.15, -0.1) is 0 Å². The zero-order chi connectivity index (χ0) is 15.4. The van der Waals surface area contributed by atoms with Gasteiger partial charge in [0, 0.05) is 0 Å². The summed E-state index contributed by atoms with van der Waals surface area (Å²) in [7, 11) is 0. The third kappa shape index (κ3) is 3.17. The fourth-order valence-electron chi connectivity index (χ4n) is 2.46. The Kier molecular flexibility index (Phi) is 4.48. The summed E-state index contributed by atoms with van der Waals surface area (Å²) >= 11 is -2.14. The SMILES string of the molecule is N#CC1=C(c2ccccc2)OC(C[Se](=O)c2ccccc2)C1. The first kappa shape index (κ1) is 14.7. The van der Waals surface area contributed by atoms with E-state index in [4.69, 9.17) is 4.74 Å². The van der Waals surface area contributed by atoms with E-state index in [2.05, 4.69) is 6.07 Å². The molecule has 4 heteroatoms. The minimum atomic E-state index is -2.14. The molecule has 2 aromatic carbocycles. The molecule has 2 atom stereocenters. The molecule has 3 rings (SSSR count). The van der Waals surface area contributed by atoms with E-state index in [1.165, 1.54) is 0 Å². The average molecular weight is 356 g/mol. The van der Waals surface area contributed by atoms with Crippen LogP contribution in [0.15, 0.2) is 66.2 Å². The van der Waals surface area contributed by atoms with Crippen molar-refractivity contribution in [3.05, 3.63) is 71.8 Å². The molecule has 22 heavy (non-hydrogen) atoms. The summed E-state index contributed by atoms with van der Waals surface area (Å²) in [5.41, 5.74) is 1.55. The maximum atomic E-state index is 12.5. The number of rotatable bonds is 4. The maximum absolute atomic E-state index is 12.5. The van der Waals surface area contributed by atoms with E-state index in [0.29, 0.717) is 23.1 Å². The van der Waals surface area contributed by atoms with Crippen LogP contribution in [0.25, 0.3) is 5.76 Å². The molecule has 0 amide bonds. The van der Waals surface area contributed by atoms with Gasteiger partial charge in [0.25, 0.3) is 0 Å². The van der Waals surface area contributed by atoms with Crippen LogP contribution in [0.5, 0.6) is 0 Å². The molecule has 3 nitrogen and oxygen atoms in total. The average Bonchev–Trinajstić information content (AvgIpc) is 2.99. The predicted molar refractivity (Wildman–Crippen MR) is 85.8 cm³/mol. The summed E-state index contributed by atoms with van der Waals surface area (Å²) in [4.78, 5) is 0. The van der Waals surface area contributed by atoms with Crippen molar-refractivity contribution in [2.45, 2.75) is 17.8 Å². The summed E-state index contributed by atoms with van der Waals surface area (Å²) in [6.45, 7) is 0. The van der Waals surface area contributed by atoms with Crippen molar-refractivity contribution < 1.29 is 8.57 Å². The van der Waals surface area contributed by atoms with E-state index in [9.17, 15) is 9.10 Å². The van der Waals surface area contributed by atoms with Gasteiger partial charge < -0.3 is 0 Å². The minimum absolute atomic E-state index is 0.174. The Morgan fingerprint density at radius 2 is 1.73 bits per heavy atom. The molecule has 0 fully saturated rings. The predicted octanol–water partition coefficient (Wildman–Crippen LogP) is 3.04. The van der Waals surface area contributed by atoms with Crippen molar-refractivity contribution in [2.24, 2.45) is 0 Å². The molecule has 2 unspecified atom stereocenters. The third-order valence-electron chi connectivity index (χ3n) is 3.50. The van der Waals surface area contributed by atoms with Gasteiger partial charge >= 0.3 is 134 Å². The molecule has 0 aromatic heterocycles. The van der Waals surface area contributed by atoms with Crippen LogP contribution in [0.1, 0.15) is 12.0 Å². The standard InChI is InChI=1S/C18H15NO2Se/c19-12-15-11-16(13-22(20)17-9-5-2-6-10-17)21-18(15)14-7-3-1-4-8-14/h1-10,16H,11,13H2. The van der Waals surface area contributed by atoms with E-state index in [-0.39, 0.29) is 6.10 Å². The van der Waals surface area contributed by atoms with Crippen molar-refractivity contribution in [3.63, 3.8) is 0 Å². The first-order chi connectivity index (χ1) is 10.8. The zero-order valence-corrected chi connectivity index (χ0v) is 13.7. The summed E-state index contributed by atoms with van der Waals surface area (Å²) in [5, 5.41) is 9.80. The van der Waals surface area contributed by atoms with Gasteiger partial charge in [-0.05, 0) is 0 Å². The molecular formula is C18H15NO2Se. The van der Waals surface area contributed by atoms with Crippen LogP contribution in [-0.2, 0) is 8.57 Å². The number of nitriles is 1. The first-order valence-corrected chi connectivity index (χ1v) is 9.83. The Hall–Kier alpha value is -2.21. The molecule has 1 aliphatic rings.